The van der Waals surface area contributed by atoms with Gasteiger partial charge in [0.15, 0.2) is 5.58 Å². The van der Waals surface area contributed by atoms with Crippen molar-refractivity contribution in [2.45, 2.75) is 32.2 Å². The first-order valence-electron chi connectivity index (χ1n) is 8.92. The Hall–Kier alpha value is -3.15. The number of amides is 1. The summed E-state index contributed by atoms with van der Waals surface area (Å²) in [5.41, 5.74) is 2.15. The van der Waals surface area contributed by atoms with E-state index in [-0.39, 0.29) is 17.6 Å². The van der Waals surface area contributed by atoms with Crippen molar-refractivity contribution in [3.8, 4) is 5.75 Å². The first kappa shape index (κ1) is 18.6. The molecule has 0 aliphatic carbocycles. The number of ether oxygens (including phenoxy) is 1. The molecule has 1 aromatic heterocycles. The van der Waals surface area contributed by atoms with Crippen molar-refractivity contribution in [3.05, 3.63) is 60.0 Å². The molecule has 1 N–H and O–H groups in total. The lowest BCUT2D eigenvalue weighted by Crippen LogP contribution is -2.41. The van der Waals surface area contributed by atoms with E-state index in [1.165, 1.54) is 0 Å². The van der Waals surface area contributed by atoms with Gasteiger partial charge < -0.3 is 14.5 Å². The molecule has 0 bridgehead atoms. The van der Waals surface area contributed by atoms with Crippen LogP contribution in [0.5, 0.6) is 5.75 Å². The van der Waals surface area contributed by atoms with Crippen LogP contribution in [0.3, 0.4) is 0 Å². The summed E-state index contributed by atoms with van der Waals surface area (Å²) < 4.78 is 10.8. The minimum atomic E-state index is -0.687. The van der Waals surface area contributed by atoms with E-state index in [4.69, 9.17) is 9.15 Å². The molecule has 6 nitrogen and oxygen atoms in total. The van der Waals surface area contributed by atoms with Crippen molar-refractivity contribution in [3.63, 3.8) is 0 Å². The fraction of sp³-hybridized carbons (Fsp3) is 0.286. The van der Waals surface area contributed by atoms with Gasteiger partial charge in [-0.15, -0.1) is 0 Å². The molecule has 6 heteroatoms. The van der Waals surface area contributed by atoms with Crippen molar-refractivity contribution in [2.75, 3.05) is 7.11 Å². The van der Waals surface area contributed by atoms with Crippen molar-refractivity contribution in [1.29, 1.82) is 0 Å². The van der Waals surface area contributed by atoms with E-state index < -0.39 is 6.04 Å². The topological polar surface area (TPSA) is 81.4 Å². The van der Waals surface area contributed by atoms with Crippen LogP contribution in [0, 0.1) is 0 Å². The first-order chi connectivity index (χ1) is 13.1. The molecule has 0 spiro atoms. The number of ketones is 1. The number of aryl methyl sites for hydroxylation is 1. The van der Waals surface area contributed by atoms with Gasteiger partial charge in [0.2, 0.25) is 11.7 Å². The number of fused-ring (bicyclic) bond motifs is 1. The molecule has 140 valence electrons. The Morgan fingerprint density at radius 1 is 1.19 bits per heavy atom. The maximum atomic E-state index is 12.9. The maximum Gasteiger partial charge on any atom is 0.266 e. The molecule has 0 saturated heterocycles. The number of Topliss-reactive ketones (excluding diaryl/α,β-unsaturated/α-hetero) is 1. The first-order valence-corrected chi connectivity index (χ1v) is 8.92. The average Bonchev–Trinajstić information content (AvgIpc) is 3.14. The molecular formula is C21H22N2O4. The van der Waals surface area contributed by atoms with Gasteiger partial charge >= 0.3 is 0 Å². The Balaban J connectivity index is 1.81. The predicted molar refractivity (Wildman–Crippen MR) is 102 cm³/mol. The van der Waals surface area contributed by atoms with Crippen LogP contribution in [-0.4, -0.2) is 29.8 Å². The molecule has 0 fully saturated rings. The number of nitrogens with one attached hydrogen (secondary N) is 1. The summed E-state index contributed by atoms with van der Waals surface area (Å²) in [6.07, 6.45) is 1.44. The molecule has 0 aliphatic rings. The lowest BCUT2D eigenvalue weighted by Gasteiger charge is -2.15. The van der Waals surface area contributed by atoms with Crippen LogP contribution in [0.1, 0.15) is 36.0 Å². The van der Waals surface area contributed by atoms with Gasteiger partial charge in [0.25, 0.3) is 5.89 Å². The molecule has 2 aromatic carbocycles. The van der Waals surface area contributed by atoms with Crippen molar-refractivity contribution in [1.82, 2.24) is 10.3 Å². The molecular weight excluding hydrogens is 344 g/mol. The highest BCUT2D eigenvalue weighted by Gasteiger charge is 2.26. The summed E-state index contributed by atoms with van der Waals surface area (Å²) in [5.74, 6) is 0.115. The average molecular weight is 366 g/mol. The van der Waals surface area contributed by atoms with E-state index in [1.54, 1.807) is 32.2 Å². The maximum absolute atomic E-state index is 12.9. The molecule has 27 heavy (non-hydrogen) atoms. The molecule has 1 amide bonds. The third-order valence-corrected chi connectivity index (χ3v) is 4.34. The number of benzene rings is 2. The van der Waals surface area contributed by atoms with E-state index in [1.807, 2.05) is 30.3 Å². The van der Waals surface area contributed by atoms with Crippen LogP contribution in [0.15, 0.2) is 52.9 Å². The van der Waals surface area contributed by atoms with Crippen molar-refractivity contribution < 1.29 is 18.7 Å². The lowest BCUT2D eigenvalue weighted by molar-refractivity contribution is -0.121. The number of methoxy groups -OCH3 is 1. The summed E-state index contributed by atoms with van der Waals surface area (Å²) >= 11 is 0. The minimum absolute atomic E-state index is 0.00674. The normalized spacial score (nSPS) is 11.9. The summed E-state index contributed by atoms with van der Waals surface area (Å²) in [5, 5.41) is 2.79. The van der Waals surface area contributed by atoms with Crippen molar-refractivity contribution in [2.24, 2.45) is 0 Å². The van der Waals surface area contributed by atoms with Gasteiger partial charge in [0, 0.05) is 12.5 Å². The number of oxazole rings is 1. The standard InChI is InChI=1S/C21H22N2O4/c1-3-19(24)22-16(11-9-14-7-5-4-6-8-14)20(25)21-23-17-13-15(26-2)10-12-18(17)27-21/h4-8,10,12-13,16H,3,9,11H2,1-2H3,(H,22,24). The van der Waals surface area contributed by atoms with Crippen LogP contribution in [0.2, 0.25) is 0 Å². The number of rotatable bonds is 8. The summed E-state index contributed by atoms with van der Waals surface area (Å²) in [4.78, 5) is 29.1. The third-order valence-electron chi connectivity index (χ3n) is 4.34. The number of carbonyl (C=O) groups is 2. The Morgan fingerprint density at radius 3 is 2.67 bits per heavy atom. The zero-order chi connectivity index (χ0) is 19.2. The molecule has 0 aliphatic heterocycles. The molecule has 0 saturated carbocycles. The second-order valence-electron chi connectivity index (χ2n) is 6.21. The van der Waals surface area contributed by atoms with Gasteiger partial charge in [0.05, 0.1) is 13.2 Å². The molecule has 3 aromatic rings. The molecule has 1 heterocycles. The highest BCUT2D eigenvalue weighted by atomic mass is 16.5. The van der Waals surface area contributed by atoms with E-state index in [0.29, 0.717) is 36.1 Å². The fourth-order valence-electron chi connectivity index (χ4n) is 2.81. The monoisotopic (exact) mass is 366 g/mol. The van der Waals surface area contributed by atoms with E-state index in [2.05, 4.69) is 10.3 Å². The zero-order valence-corrected chi connectivity index (χ0v) is 15.4. The number of hydrogen-bond acceptors (Lipinski definition) is 5. The number of nitrogens with zero attached hydrogens (tertiary/aromatic N) is 1. The highest BCUT2D eigenvalue weighted by Crippen LogP contribution is 2.22. The van der Waals surface area contributed by atoms with Crippen LogP contribution < -0.4 is 10.1 Å². The van der Waals surface area contributed by atoms with Gasteiger partial charge in [0.1, 0.15) is 11.3 Å². The van der Waals surface area contributed by atoms with Gasteiger partial charge in [-0.05, 0) is 30.5 Å². The van der Waals surface area contributed by atoms with Gasteiger partial charge in [-0.1, -0.05) is 37.3 Å². The van der Waals surface area contributed by atoms with Crippen LogP contribution in [0.25, 0.3) is 11.1 Å². The Kier molecular flexibility index (Phi) is 5.86. The summed E-state index contributed by atoms with van der Waals surface area (Å²) in [6, 6.07) is 14.3. The van der Waals surface area contributed by atoms with E-state index in [0.717, 1.165) is 5.56 Å². The SMILES string of the molecule is CCC(=O)NC(CCc1ccccc1)C(=O)c1nc2cc(OC)ccc2o1. The summed E-state index contributed by atoms with van der Waals surface area (Å²) in [7, 11) is 1.56. The van der Waals surface area contributed by atoms with Gasteiger partial charge in [-0.3, -0.25) is 9.59 Å². The van der Waals surface area contributed by atoms with E-state index >= 15 is 0 Å². The molecule has 1 unspecified atom stereocenters. The smallest absolute Gasteiger partial charge is 0.266 e. The molecule has 1 atom stereocenters. The number of hydrogen-bond donors (Lipinski definition) is 1. The summed E-state index contributed by atoms with van der Waals surface area (Å²) in [6.45, 7) is 1.75. The van der Waals surface area contributed by atoms with Crippen LogP contribution in [0.4, 0.5) is 0 Å². The number of aromatic nitrogens is 1. The quantitative estimate of drug-likeness (QED) is 0.617. The van der Waals surface area contributed by atoms with Gasteiger partial charge in [-0.2, -0.15) is 0 Å². The Bertz CT molecular complexity index is 934. The Labute approximate surface area is 157 Å². The second-order valence-corrected chi connectivity index (χ2v) is 6.21. The highest BCUT2D eigenvalue weighted by molar-refractivity contribution is 6.00. The predicted octanol–water partition coefficient (Wildman–Crippen LogP) is 3.55. The second kappa shape index (κ2) is 8.49. The Morgan fingerprint density at radius 2 is 1.96 bits per heavy atom. The van der Waals surface area contributed by atoms with Crippen molar-refractivity contribution >= 4 is 22.8 Å². The fourth-order valence-corrected chi connectivity index (χ4v) is 2.81. The zero-order valence-electron chi connectivity index (χ0n) is 15.4. The lowest BCUT2D eigenvalue weighted by atomic mass is 10.0. The van der Waals surface area contributed by atoms with Gasteiger partial charge in [-0.25, -0.2) is 4.98 Å². The molecule has 0 radical (unpaired) electrons. The largest absolute Gasteiger partial charge is 0.497 e. The van der Waals surface area contributed by atoms with Crippen LogP contribution >= 0.6 is 0 Å². The molecule has 3 rings (SSSR count). The number of carbonyl (C=O) groups excluding carboxylic acids is 2. The van der Waals surface area contributed by atoms with E-state index in [9.17, 15) is 9.59 Å². The minimum Gasteiger partial charge on any atom is -0.497 e. The third kappa shape index (κ3) is 4.53. The van der Waals surface area contributed by atoms with Crippen LogP contribution in [-0.2, 0) is 11.2 Å².